The fourth-order valence-electron chi connectivity index (χ4n) is 12.8. The normalized spacial score (nSPS) is 34.3. The maximum absolute atomic E-state index is 16.0. The molecule has 3 aromatic heterocycles. The lowest BCUT2D eigenvalue weighted by atomic mass is 10.1. The second-order valence-electron chi connectivity index (χ2n) is 28.3. The number of hydrogen-bond acceptors (Lipinski definition) is 36. The molecule has 9 aliphatic rings. The van der Waals surface area contributed by atoms with Gasteiger partial charge in [-0.2, -0.15) is 0 Å². The molecule has 7 aromatic rings. The molecule has 680 valence electrons. The van der Waals surface area contributed by atoms with Crippen molar-refractivity contribution in [3.05, 3.63) is 222 Å². The SMILES string of the molecule is C#Cc1cn([C@@H]2O[C@](F)(COP3(=O)OCc4cccc(C)c4O3)[C@@H](O)[C@H]2O)c(=O)[nH]c1=S.[2H]C([2H])(OP1(=O)OCc2cccc(C)c2O1)[C@@]1(F)O[C@@H](n2cc(C#C)c(=S)[nH]c2=O)[C@H](O)[C@@H]1O.[2H]C([2H])(OP1(=O)OCc2cccc(C)c2O1)[C@@]1(F)O[C@@]([2H])(N2C=C(C#C)C(=S)NC2=C)[C@H](O)[C@@H]1O.[2H][C@@]1(n2cc(C#C)c(=S)[nH]c2=O)O[C@](F)(COP2(=O)OCc3cccc(C)c3O2)[C@@H](O)[C@H]1O. The molecule has 0 aliphatic carbocycles. The van der Waals surface area contributed by atoms with Crippen molar-refractivity contribution in [3.8, 4) is 72.4 Å². The van der Waals surface area contributed by atoms with Gasteiger partial charge in [0.15, 0.2) is 24.9 Å². The average molecular weight is 1940 g/mol. The molecule has 0 bridgehead atoms. The van der Waals surface area contributed by atoms with Gasteiger partial charge in [0.1, 0.15) is 123 Å². The zero-order valence-corrected chi connectivity index (χ0v) is 72.8. The van der Waals surface area contributed by atoms with E-state index in [0.717, 1.165) is 34.3 Å². The number of benzene rings is 4. The number of ether oxygens (including phenoxy) is 4. The first-order valence-corrected chi connectivity index (χ1v) is 44.2. The summed E-state index contributed by atoms with van der Waals surface area (Å²) in [7, 11) is -18.2. The Hall–Kier alpha value is -9.37. The summed E-state index contributed by atoms with van der Waals surface area (Å²) < 4.78 is 247. The van der Waals surface area contributed by atoms with Crippen LogP contribution in [0, 0.1) is 91.0 Å². The summed E-state index contributed by atoms with van der Waals surface area (Å²) >= 11 is 19.7. The van der Waals surface area contributed by atoms with Crippen molar-refractivity contribution in [2.45, 2.75) is 151 Å². The number of aliphatic hydroxyl groups is 8. The van der Waals surface area contributed by atoms with E-state index in [1.807, 2.05) is 0 Å². The first-order chi connectivity index (χ1) is 62.5. The van der Waals surface area contributed by atoms with E-state index in [4.69, 9.17) is 156 Å². The van der Waals surface area contributed by atoms with Gasteiger partial charge in [0.2, 0.25) is 0 Å². The molecule has 0 radical (unpaired) electrons. The van der Waals surface area contributed by atoms with Crippen molar-refractivity contribution in [2.75, 3.05) is 26.3 Å². The first kappa shape index (κ1) is 87.9. The molecular weight excluding hydrogens is 1860 g/mol. The number of fused-ring (bicyclic) bond motifs is 4. The number of aromatic amines is 3. The van der Waals surface area contributed by atoms with E-state index >= 15 is 17.6 Å². The van der Waals surface area contributed by atoms with Crippen molar-refractivity contribution < 1.29 is 158 Å². The number of nitrogens with one attached hydrogen (secondary N) is 4. The van der Waals surface area contributed by atoms with Crippen LogP contribution in [0.15, 0.2) is 130 Å². The standard InChI is InChI=1S/C20H20FN2O7PS.3C19H18FN2O8PS/c1-4-13-8-23(12(3)22-18(13)32)19-15(24)17(25)20(21,29-19)10-28-31(26)27-9-14-7-5-6-11(2)16(14)30-31;3*1-3-11-7-22(18(25)21-16(11)32)17-13(23)15(24)19(20,29-17)9-28-31(26)27-8-12-6-4-5-10(2)14(12)30-31/h1,5-8,15,17,19,24-25H,3,9-10H2,2H3,(H,22,32);3*1,4-7,13,15,17,23-24H,8-9H2,2H3,(H,21,25,32)/t15-,17+,19-,20-,31?;3*13-,15+,17-,19-,31?/m1111/s1/i10D2,19D;17D;9D2;. The van der Waals surface area contributed by atoms with Crippen molar-refractivity contribution in [3.63, 3.8) is 0 Å². The van der Waals surface area contributed by atoms with Gasteiger partial charge in [0, 0.05) is 47.0 Å². The van der Waals surface area contributed by atoms with E-state index in [2.05, 4.69) is 50.5 Å². The lowest BCUT2D eigenvalue weighted by Gasteiger charge is -2.34. The predicted octanol–water partition coefficient (Wildman–Crippen LogP) is 7.53. The van der Waals surface area contributed by atoms with E-state index in [1.165, 1.54) is 0 Å². The van der Waals surface area contributed by atoms with Gasteiger partial charge in [-0.15, -0.1) is 25.7 Å². The zero-order valence-electron chi connectivity index (χ0n) is 72.0. The maximum atomic E-state index is 16.0. The van der Waals surface area contributed by atoms with Gasteiger partial charge >= 0.3 is 48.4 Å². The Morgan fingerprint density at radius 2 is 0.781 bits per heavy atom. The smallest absolute Gasteiger partial charge is 0.403 e. The summed E-state index contributed by atoms with van der Waals surface area (Å²) in [5.74, 6) is -4.72. The molecule has 4 fully saturated rings. The molecule has 12 N–H and O–H groups in total. The zero-order chi connectivity index (χ0) is 98.5. The summed E-state index contributed by atoms with van der Waals surface area (Å²) in [5, 5.41) is 85.6. The number of H-pyrrole nitrogens is 3. The number of phosphoric ester groups is 4. The minimum Gasteiger partial charge on any atom is -0.403 e. The van der Waals surface area contributed by atoms with Gasteiger partial charge in [-0.25, -0.2) is 50.2 Å². The number of terminal acetylenes is 4. The second kappa shape index (κ2) is 37.5. The molecular formula is C77H74F4N8O31P4S4. The molecule has 9 aliphatic heterocycles. The molecule has 4 saturated heterocycles. The lowest BCUT2D eigenvalue weighted by Crippen LogP contribution is -2.47. The predicted molar refractivity (Wildman–Crippen MR) is 444 cm³/mol. The lowest BCUT2D eigenvalue weighted by molar-refractivity contribution is -0.207. The Kier molecular flexibility index (Phi) is 25.7. The highest BCUT2D eigenvalue weighted by Crippen LogP contribution is 2.61. The Balaban J connectivity index is 0.000000152. The van der Waals surface area contributed by atoms with Crippen molar-refractivity contribution in [1.29, 1.82) is 0 Å². The van der Waals surface area contributed by atoms with E-state index in [9.17, 15) is 73.5 Å². The van der Waals surface area contributed by atoms with Crippen LogP contribution in [0.4, 0.5) is 17.6 Å². The number of hydrogen-bond donors (Lipinski definition) is 12. The van der Waals surface area contributed by atoms with Crippen LogP contribution >= 0.6 is 80.2 Å². The van der Waals surface area contributed by atoms with Gasteiger partial charge in [-0.3, -0.25) is 64.8 Å². The average Bonchev–Trinajstić information content (AvgIpc) is 1.56. The summed E-state index contributed by atoms with van der Waals surface area (Å²) in [4.78, 5) is 44.3. The number of para-hydroxylation sites is 4. The molecule has 0 saturated carbocycles. The number of rotatable bonds is 16. The molecule has 128 heavy (non-hydrogen) atoms. The number of alkyl halides is 4. The Morgan fingerprint density at radius 1 is 0.477 bits per heavy atom. The number of phosphoric acid groups is 4. The van der Waals surface area contributed by atoms with Gasteiger partial charge < -0.3 is 88.1 Å². The van der Waals surface area contributed by atoms with Gasteiger partial charge in [-0.05, 0) is 49.9 Å². The fraction of sp³-hybridized carbons (Fsp3) is 0.364. The third-order valence-corrected chi connectivity index (χ3v) is 25.8. The molecule has 51 heteroatoms. The third-order valence-electron chi connectivity index (χ3n) is 19.6. The van der Waals surface area contributed by atoms with Gasteiger partial charge in [0.25, 0.3) is 23.4 Å². The second-order valence-corrected chi connectivity index (χ2v) is 36.2. The molecule has 12 heterocycles. The molecule has 4 aromatic carbocycles. The van der Waals surface area contributed by atoms with E-state index < -0.39 is 172 Å². The summed E-state index contributed by atoms with van der Waals surface area (Å²) in [6.07, 6.45) is -2.72. The number of aliphatic hydroxyl groups excluding tert-OH is 8. The Bertz CT molecular complexity index is 6790. The Labute approximate surface area is 750 Å². The molecule has 39 nitrogen and oxygen atoms in total. The van der Waals surface area contributed by atoms with E-state index in [1.54, 1.807) is 100 Å². The highest BCUT2D eigenvalue weighted by atomic mass is 32.1. The van der Waals surface area contributed by atoms with E-state index in [-0.39, 0.29) is 96.4 Å². The van der Waals surface area contributed by atoms with Crippen LogP contribution in [-0.2, 0) is 99.8 Å². The number of thiocarbonyl (C=S) groups is 1. The molecule has 0 spiro atoms. The summed E-state index contributed by atoms with van der Waals surface area (Å²) in [6, 6.07) is 20.2. The maximum Gasteiger partial charge on any atom is 0.530 e. The van der Waals surface area contributed by atoms with Crippen LogP contribution in [0.5, 0.6) is 23.0 Å². The monoisotopic (exact) mass is 1940 g/mol. The van der Waals surface area contributed by atoms with Crippen LogP contribution < -0.4 is 40.5 Å². The largest absolute Gasteiger partial charge is 0.530 e. The van der Waals surface area contributed by atoms with Crippen LogP contribution in [-0.4, -0.2) is 184 Å². The topological polar surface area (TPSA) is 506 Å². The fourth-order valence-corrected chi connectivity index (χ4v) is 18.6. The van der Waals surface area contributed by atoms with Crippen LogP contribution in [0.3, 0.4) is 0 Å². The number of halogens is 4. The molecule has 0 amide bonds. The van der Waals surface area contributed by atoms with Gasteiger partial charge in [-0.1, -0.05) is 152 Å². The minimum absolute atomic E-state index is 0.0158. The van der Waals surface area contributed by atoms with Crippen molar-refractivity contribution in [1.82, 2.24) is 38.9 Å². The van der Waals surface area contributed by atoms with E-state index in [0.29, 0.717) is 53.6 Å². The van der Waals surface area contributed by atoms with Crippen molar-refractivity contribution >= 4 is 85.2 Å². The van der Waals surface area contributed by atoms with Gasteiger partial charge in [0.05, 0.1) is 56.9 Å². The summed E-state index contributed by atoms with van der Waals surface area (Å²) in [6.45, 7) is -0.369. The number of aryl methyl sites for hydroxylation is 4. The quantitative estimate of drug-likeness (QED) is 0.0192. The Morgan fingerprint density at radius 3 is 1.16 bits per heavy atom. The third kappa shape index (κ3) is 19.5. The first-order valence-electron chi connectivity index (χ1n) is 39.7. The van der Waals surface area contributed by atoms with Crippen LogP contribution in [0.25, 0.3) is 0 Å². The minimum atomic E-state index is -4.79. The summed E-state index contributed by atoms with van der Waals surface area (Å²) in [5.41, 5.74) is 1.77. The van der Waals surface area contributed by atoms with Crippen LogP contribution in [0.1, 0.15) is 88.1 Å². The molecule has 16 rings (SSSR count). The van der Waals surface area contributed by atoms with Crippen molar-refractivity contribution in [2.24, 2.45) is 0 Å². The molecule has 20 atom stereocenters. The highest BCUT2D eigenvalue weighted by Gasteiger charge is 2.63. The number of aromatic nitrogens is 6. The number of nitrogens with zero attached hydrogens (tertiary/aromatic N) is 4. The highest BCUT2D eigenvalue weighted by molar-refractivity contribution is 7.80. The van der Waals surface area contributed by atoms with Crippen LogP contribution in [0.2, 0.25) is 0 Å². The molecule has 4 unspecified atom stereocenters.